The second-order valence-electron chi connectivity index (χ2n) is 4.43. The Labute approximate surface area is 137 Å². The van der Waals surface area contributed by atoms with Gasteiger partial charge < -0.3 is 9.47 Å². The molecule has 126 valence electrons. The predicted molar refractivity (Wildman–Crippen MR) is 83.5 cm³/mol. The lowest BCUT2D eigenvalue weighted by molar-refractivity contribution is -0.0515. The molecule has 2 aromatic rings. The number of benzene rings is 1. The van der Waals surface area contributed by atoms with E-state index in [1.807, 2.05) is 0 Å². The molecule has 0 atom stereocenters. The van der Waals surface area contributed by atoms with Crippen molar-refractivity contribution in [1.82, 2.24) is 10.4 Å². The first-order valence-corrected chi connectivity index (χ1v) is 7.06. The number of amides is 1. The highest BCUT2D eigenvalue weighted by atomic mass is 19.3. The number of rotatable bonds is 7. The van der Waals surface area contributed by atoms with Crippen molar-refractivity contribution < 1.29 is 23.0 Å². The molecule has 0 radical (unpaired) electrons. The maximum absolute atomic E-state index is 12.6. The van der Waals surface area contributed by atoms with E-state index in [4.69, 9.17) is 4.74 Å². The van der Waals surface area contributed by atoms with Gasteiger partial charge in [0.25, 0.3) is 5.91 Å². The van der Waals surface area contributed by atoms with Crippen LogP contribution < -0.4 is 14.9 Å². The van der Waals surface area contributed by atoms with E-state index in [0.717, 1.165) is 0 Å². The Bertz CT molecular complexity index is 709. The molecular formula is C16H15F2N3O3. The zero-order chi connectivity index (χ0) is 17.4. The summed E-state index contributed by atoms with van der Waals surface area (Å²) in [5.74, 6) is -0.453. The number of hydrogen-bond donors (Lipinski definition) is 1. The summed E-state index contributed by atoms with van der Waals surface area (Å²) in [5.41, 5.74) is 2.85. The van der Waals surface area contributed by atoms with Crippen molar-refractivity contribution >= 4 is 12.1 Å². The van der Waals surface area contributed by atoms with Gasteiger partial charge in [-0.05, 0) is 31.2 Å². The highest BCUT2D eigenvalue weighted by molar-refractivity contribution is 5.94. The minimum Gasteiger partial charge on any atom is -0.490 e. The van der Waals surface area contributed by atoms with Gasteiger partial charge in [-0.3, -0.25) is 9.78 Å². The molecule has 0 unspecified atom stereocenters. The normalized spacial score (nSPS) is 10.8. The Balaban J connectivity index is 2.16. The van der Waals surface area contributed by atoms with Crippen molar-refractivity contribution in [3.8, 4) is 11.5 Å². The maximum atomic E-state index is 12.6. The van der Waals surface area contributed by atoms with Gasteiger partial charge in [0.1, 0.15) is 0 Å². The summed E-state index contributed by atoms with van der Waals surface area (Å²) in [6.07, 6.45) is 4.12. The topological polar surface area (TPSA) is 72.8 Å². The van der Waals surface area contributed by atoms with Crippen LogP contribution in [-0.2, 0) is 0 Å². The predicted octanol–water partition coefficient (Wildman–Crippen LogP) is 2.85. The van der Waals surface area contributed by atoms with Crippen LogP contribution in [0.25, 0.3) is 0 Å². The monoisotopic (exact) mass is 335 g/mol. The average Bonchev–Trinajstić information content (AvgIpc) is 2.58. The number of nitrogens with one attached hydrogen (secondary N) is 1. The van der Waals surface area contributed by atoms with Crippen LogP contribution in [-0.4, -0.2) is 30.3 Å². The molecule has 6 nitrogen and oxygen atoms in total. The summed E-state index contributed by atoms with van der Waals surface area (Å²) in [4.78, 5) is 15.6. The Kier molecular flexibility index (Phi) is 6.18. The third kappa shape index (κ3) is 4.73. The molecule has 0 spiro atoms. The summed E-state index contributed by atoms with van der Waals surface area (Å²) >= 11 is 0. The summed E-state index contributed by atoms with van der Waals surface area (Å²) < 4.78 is 34.9. The number of alkyl halides is 2. The Hall–Kier alpha value is -3.03. The van der Waals surface area contributed by atoms with Crippen LogP contribution in [0.3, 0.4) is 0 Å². The van der Waals surface area contributed by atoms with E-state index >= 15 is 0 Å². The molecule has 0 aliphatic heterocycles. The van der Waals surface area contributed by atoms with Crippen molar-refractivity contribution in [2.45, 2.75) is 13.5 Å². The second kappa shape index (κ2) is 8.56. The molecule has 1 heterocycles. The van der Waals surface area contributed by atoms with Crippen LogP contribution in [0.5, 0.6) is 11.5 Å². The standard InChI is InChI=1S/C16H15F2N3O3/c1-2-23-13-7-3-5-11(14(13)24-16(17)18)10-20-21-15(22)12-6-4-8-19-9-12/h3-10,16H,2H2,1H3,(H,21,22)/b20-10-. The summed E-state index contributed by atoms with van der Waals surface area (Å²) in [6.45, 7) is -0.998. The largest absolute Gasteiger partial charge is 0.490 e. The Morgan fingerprint density at radius 1 is 1.38 bits per heavy atom. The maximum Gasteiger partial charge on any atom is 0.387 e. The molecule has 0 aliphatic carbocycles. The van der Waals surface area contributed by atoms with Crippen LogP contribution in [0.2, 0.25) is 0 Å². The molecule has 8 heteroatoms. The molecule has 0 saturated heterocycles. The molecule has 0 bridgehead atoms. The molecule has 24 heavy (non-hydrogen) atoms. The fourth-order valence-electron chi connectivity index (χ4n) is 1.84. The van der Waals surface area contributed by atoms with Gasteiger partial charge in [0, 0.05) is 18.0 Å². The number of carbonyl (C=O) groups excluding carboxylic acids is 1. The number of aromatic nitrogens is 1. The first kappa shape index (κ1) is 17.3. The molecule has 0 aliphatic rings. The van der Waals surface area contributed by atoms with Gasteiger partial charge in [0.15, 0.2) is 11.5 Å². The van der Waals surface area contributed by atoms with E-state index in [0.29, 0.717) is 5.56 Å². The van der Waals surface area contributed by atoms with Crippen LogP contribution in [0.4, 0.5) is 8.78 Å². The molecule has 1 aromatic carbocycles. The van der Waals surface area contributed by atoms with Crippen molar-refractivity contribution in [3.63, 3.8) is 0 Å². The molecule has 0 saturated carbocycles. The Morgan fingerprint density at radius 3 is 2.88 bits per heavy atom. The van der Waals surface area contributed by atoms with E-state index in [9.17, 15) is 13.6 Å². The fraction of sp³-hybridized carbons (Fsp3) is 0.188. The van der Waals surface area contributed by atoms with Crippen LogP contribution in [0.15, 0.2) is 47.8 Å². The minimum absolute atomic E-state index is 0.145. The van der Waals surface area contributed by atoms with Crippen molar-refractivity contribution in [2.24, 2.45) is 5.10 Å². The number of halogens is 2. The summed E-state index contributed by atoms with van der Waals surface area (Å²) in [5, 5.41) is 3.75. The average molecular weight is 335 g/mol. The number of hydrazone groups is 1. The Morgan fingerprint density at radius 2 is 2.21 bits per heavy atom. The van der Waals surface area contributed by atoms with Gasteiger partial charge >= 0.3 is 6.61 Å². The molecule has 1 aromatic heterocycles. The number of pyridine rings is 1. The number of ether oxygens (including phenoxy) is 2. The lowest BCUT2D eigenvalue weighted by Gasteiger charge is -2.13. The van der Waals surface area contributed by atoms with Gasteiger partial charge in [-0.2, -0.15) is 13.9 Å². The number of para-hydroxylation sites is 1. The SMILES string of the molecule is CCOc1cccc(/C=N\NC(=O)c2cccnc2)c1OC(F)F. The fourth-order valence-corrected chi connectivity index (χ4v) is 1.84. The van der Waals surface area contributed by atoms with Gasteiger partial charge in [0.2, 0.25) is 0 Å². The highest BCUT2D eigenvalue weighted by Gasteiger charge is 2.14. The quantitative estimate of drug-likeness (QED) is 0.624. The summed E-state index contributed by atoms with van der Waals surface area (Å²) in [6, 6.07) is 7.80. The molecule has 2 rings (SSSR count). The van der Waals surface area contributed by atoms with E-state index in [1.165, 1.54) is 30.7 Å². The smallest absolute Gasteiger partial charge is 0.387 e. The summed E-state index contributed by atoms with van der Waals surface area (Å²) in [7, 11) is 0. The minimum atomic E-state index is -3.01. The van der Waals surface area contributed by atoms with Crippen LogP contribution in [0, 0.1) is 0 Å². The van der Waals surface area contributed by atoms with Crippen molar-refractivity contribution in [2.75, 3.05) is 6.61 Å². The van der Waals surface area contributed by atoms with E-state index in [2.05, 4.69) is 20.2 Å². The zero-order valence-corrected chi connectivity index (χ0v) is 12.8. The first-order valence-electron chi connectivity index (χ1n) is 7.06. The third-order valence-corrected chi connectivity index (χ3v) is 2.81. The first-order chi connectivity index (χ1) is 11.6. The van der Waals surface area contributed by atoms with Gasteiger partial charge in [-0.25, -0.2) is 5.43 Å². The number of carbonyl (C=O) groups is 1. The molecule has 1 amide bonds. The van der Waals surface area contributed by atoms with Crippen molar-refractivity contribution in [1.29, 1.82) is 0 Å². The van der Waals surface area contributed by atoms with Crippen LogP contribution >= 0.6 is 0 Å². The van der Waals surface area contributed by atoms with Gasteiger partial charge in [0.05, 0.1) is 18.4 Å². The van der Waals surface area contributed by atoms with Crippen LogP contribution in [0.1, 0.15) is 22.8 Å². The number of nitrogens with zero attached hydrogens (tertiary/aromatic N) is 2. The van der Waals surface area contributed by atoms with Gasteiger partial charge in [-0.1, -0.05) is 6.07 Å². The zero-order valence-electron chi connectivity index (χ0n) is 12.8. The van der Waals surface area contributed by atoms with E-state index in [1.54, 1.807) is 25.1 Å². The van der Waals surface area contributed by atoms with E-state index in [-0.39, 0.29) is 23.7 Å². The molecule has 1 N–H and O–H groups in total. The lowest BCUT2D eigenvalue weighted by atomic mass is 10.2. The third-order valence-electron chi connectivity index (χ3n) is 2.81. The lowest BCUT2D eigenvalue weighted by Crippen LogP contribution is -2.17. The number of hydrogen-bond acceptors (Lipinski definition) is 5. The van der Waals surface area contributed by atoms with Gasteiger partial charge in [-0.15, -0.1) is 0 Å². The second-order valence-corrected chi connectivity index (χ2v) is 4.43. The molecular weight excluding hydrogens is 320 g/mol. The molecule has 0 fully saturated rings. The van der Waals surface area contributed by atoms with Crippen molar-refractivity contribution in [3.05, 3.63) is 53.9 Å². The highest BCUT2D eigenvalue weighted by Crippen LogP contribution is 2.31. The van der Waals surface area contributed by atoms with E-state index < -0.39 is 12.5 Å².